The van der Waals surface area contributed by atoms with E-state index in [1.54, 1.807) is 0 Å². The van der Waals surface area contributed by atoms with Gasteiger partial charge in [0.05, 0.1) is 35.8 Å². The van der Waals surface area contributed by atoms with Crippen LogP contribution in [0.1, 0.15) is 24.5 Å². The Bertz CT molecular complexity index is 1160. The number of nitrogens with zero attached hydrogens (tertiary/aromatic N) is 2. The van der Waals surface area contributed by atoms with E-state index in [0.29, 0.717) is 6.42 Å². The van der Waals surface area contributed by atoms with Gasteiger partial charge in [0.2, 0.25) is 0 Å². The molecule has 0 spiro atoms. The number of pyridine rings is 2. The molecule has 2 aromatic heterocycles. The molecule has 0 aliphatic heterocycles. The Morgan fingerprint density at radius 1 is 1.22 bits per heavy atom. The highest BCUT2D eigenvalue weighted by Gasteiger charge is 2.16. The zero-order chi connectivity index (χ0) is 23.3. The Labute approximate surface area is 182 Å². The van der Waals surface area contributed by atoms with Crippen molar-refractivity contribution in [3.8, 4) is 5.69 Å². The molecule has 3 aromatic rings. The maximum atomic E-state index is 14.5. The van der Waals surface area contributed by atoms with E-state index >= 15 is 0 Å². The lowest BCUT2D eigenvalue weighted by Gasteiger charge is -2.17. The predicted molar refractivity (Wildman–Crippen MR) is 116 cm³/mol. The molecule has 4 N–H and O–H groups in total. The molecule has 0 saturated heterocycles. The first-order valence-electron chi connectivity index (χ1n) is 9.85. The Kier molecular flexibility index (Phi) is 7.26. The molecule has 10 heteroatoms. The number of aromatic nitrogens is 2. The lowest BCUT2D eigenvalue weighted by molar-refractivity contribution is 0.271. The van der Waals surface area contributed by atoms with E-state index < -0.39 is 23.0 Å². The van der Waals surface area contributed by atoms with Crippen LogP contribution in [0.5, 0.6) is 0 Å². The molecule has 2 heterocycles. The Morgan fingerprint density at radius 2 is 1.94 bits per heavy atom. The number of hydrogen-bond acceptors (Lipinski definition) is 6. The van der Waals surface area contributed by atoms with Crippen molar-refractivity contribution in [1.82, 2.24) is 9.55 Å². The minimum absolute atomic E-state index is 0.102. The van der Waals surface area contributed by atoms with E-state index in [1.807, 2.05) is 6.92 Å². The quantitative estimate of drug-likeness (QED) is 0.378. The number of hydrogen-bond donors (Lipinski definition) is 4. The largest absolute Gasteiger partial charge is 0.394 e. The van der Waals surface area contributed by atoms with Crippen LogP contribution < -0.4 is 16.2 Å². The van der Waals surface area contributed by atoms with Gasteiger partial charge in [0.25, 0.3) is 5.56 Å². The minimum atomic E-state index is -0.764. The number of rotatable bonds is 9. The monoisotopic (exact) mass is 445 g/mol. The maximum Gasteiger partial charge on any atom is 0.266 e. The summed E-state index contributed by atoms with van der Waals surface area (Å²) in [5.41, 5.74) is -0.961. The summed E-state index contributed by atoms with van der Waals surface area (Å²) in [4.78, 5) is 16.9. The van der Waals surface area contributed by atoms with E-state index in [0.717, 1.165) is 29.1 Å². The van der Waals surface area contributed by atoms with Crippen LogP contribution in [0.4, 0.5) is 24.7 Å². The topological polar surface area (TPSA) is 103 Å². The summed E-state index contributed by atoms with van der Waals surface area (Å²) < 4.78 is 43.2. The second-order valence-electron chi connectivity index (χ2n) is 6.97. The van der Waals surface area contributed by atoms with Crippen LogP contribution in [0.3, 0.4) is 0 Å². The molecular formula is C22H22F3N5O2. The highest BCUT2D eigenvalue weighted by Crippen LogP contribution is 2.20. The van der Waals surface area contributed by atoms with E-state index in [1.165, 1.54) is 24.4 Å². The molecule has 0 saturated carbocycles. The van der Waals surface area contributed by atoms with Crippen molar-refractivity contribution in [2.24, 2.45) is 0 Å². The van der Waals surface area contributed by atoms with Crippen molar-refractivity contribution in [2.45, 2.75) is 25.9 Å². The molecule has 0 radical (unpaired) electrons. The number of nitrogens with one attached hydrogen (secondary N) is 3. The second-order valence-corrected chi connectivity index (χ2v) is 6.97. The molecule has 3 rings (SSSR count). The van der Waals surface area contributed by atoms with Gasteiger partial charge < -0.3 is 21.1 Å². The average Bonchev–Trinajstić information content (AvgIpc) is 2.78. The first-order chi connectivity index (χ1) is 15.4. The highest BCUT2D eigenvalue weighted by molar-refractivity contribution is 5.85. The molecule has 0 fully saturated rings. The average molecular weight is 445 g/mol. The van der Waals surface area contributed by atoms with Gasteiger partial charge in [0, 0.05) is 30.6 Å². The summed E-state index contributed by atoms with van der Waals surface area (Å²) in [6.07, 6.45) is 3.63. The number of aliphatic hydroxyl groups is 1. The molecule has 1 aromatic carbocycles. The Morgan fingerprint density at radius 3 is 2.56 bits per heavy atom. The Hall–Kier alpha value is -3.66. The van der Waals surface area contributed by atoms with Crippen molar-refractivity contribution in [3.63, 3.8) is 0 Å². The van der Waals surface area contributed by atoms with Crippen molar-refractivity contribution in [1.29, 1.82) is 5.41 Å². The standard InChI is InChI=1S/C22H22F3N5O2/c1-2-13(12-31)29-21-8-20(18(25)11-28-21)30-7-6-19(14(9-26)22(30)32)27-10-15-16(23)4-3-5-17(15)24/h3-9,11,13,26-27,31H,2,10,12H2,1H3,(H,28,29)/t13-/m0/s1. The molecule has 0 aliphatic carbocycles. The molecule has 0 unspecified atom stereocenters. The van der Waals surface area contributed by atoms with Gasteiger partial charge in [-0.15, -0.1) is 0 Å². The normalized spacial score (nSPS) is 11.8. The minimum Gasteiger partial charge on any atom is -0.394 e. The van der Waals surface area contributed by atoms with E-state index in [2.05, 4.69) is 15.6 Å². The van der Waals surface area contributed by atoms with Crippen molar-refractivity contribution in [3.05, 3.63) is 81.7 Å². The predicted octanol–water partition coefficient (Wildman–Crippen LogP) is 3.44. The zero-order valence-corrected chi connectivity index (χ0v) is 17.2. The van der Waals surface area contributed by atoms with Crippen molar-refractivity contribution >= 4 is 17.7 Å². The number of halogens is 3. The molecule has 1 atom stereocenters. The third-order valence-electron chi connectivity index (χ3n) is 4.95. The summed E-state index contributed by atoms with van der Waals surface area (Å²) in [6, 6.07) is 5.93. The summed E-state index contributed by atoms with van der Waals surface area (Å²) in [5.74, 6) is -1.98. The SMILES string of the molecule is CC[C@@H](CO)Nc1cc(-n2ccc(NCc3c(F)cccc3F)c(C=N)c2=O)c(F)cn1. The van der Waals surface area contributed by atoms with Crippen molar-refractivity contribution < 1.29 is 18.3 Å². The van der Waals surface area contributed by atoms with Crippen LogP contribution in [0.15, 0.2) is 47.5 Å². The lowest BCUT2D eigenvalue weighted by atomic mass is 10.1. The molecule has 0 amide bonds. The number of aliphatic hydroxyl groups excluding tert-OH is 1. The highest BCUT2D eigenvalue weighted by atomic mass is 19.1. The van der Waals surface area contributed by atoms with Crippen LogP contribution in [-0.4, -0.2) is 33.5 Å². The van der Waals surface area contributed by atoms with Crippen LogP contribution in [0.2, 0.25) is 0 Å². The first-order valence-corrected chi connectivity index (χ1v) is 9.85. The molecular weight excluding hydrogens is 423 g/mol. The fourth-order valence-electron chi connectivity index (χ4n) is 3.10. The third-order valence-corrected chi connectivity index (χ3v) is 4.95. The fraction of sp³-hybridized carbons (Fsp3) is 0.227. The van der Waals surface area contributed by atoms with Crippen molar-refractivity contribution in [2.75, 3.05) is 17.2 Å². The van der Waals surface area contributed by atoms with Gasteiger partial charge in [-0.25, -0.2) is 18.2 Å². The summed E-state index contributed by atoms with van der Waals surface area (Å²) >= 11 is 0. The van der Waals surface area contributed by atoms with E-state index in [9.17, 15) is 23.1 Å². The third kappa shape index (κ3) is 4.80. The maximum absolute atomic E-state index is 14.5. The smallest absolute Gasteiger partial charge is 0.266 e. The van der Waals surface area contributed by atoms with Gasteiger partial charge in [0.1, 0.15) is 17.5 Å². The number of benzene rings is 1. The van der Waals surface area contributed by atoms with E-state index in [4.69, 9.17) is 5.41 Å². The van der Waals surface area contributed by atoms with Gasteiger partial charge in [0.15, 0.2) is 5.82 Å². The fourth-order valence-corrected chi connectivity index (χ4v) is 3.10. The molecule has 32 heavy (non-hydrogen) atoms. The Balaban J connectivity index is 1.95. The zero-order valence-electron chi connectivity index (χ0n) is 17.2. The summed E-state index contributed by atoms with van der Waals surface area (Å²) in [6.45, 7) is 1.46. The van der Waals surface area contributed by atoms with Gasteiger partial charge in [-0.2, -0.15) is 0 Å². The number of anilines is 2. The van der Waals surface area contributed by atoms with Crippen LogP contribution in [0.25, 0.3) is 5.69 Å². The molecule has 7 nitrogen and oxygen atoms in total. The summed E-state index contributed by atoms with van der Waals surface area (Å²) in [7, 11) is 0. The first kappa shape index (κ1) is 23.0. The van der Waals surface area contributed by atoms with Crippen LogP contribution in [0, 0.1) is 22.9 Å². The van der Waals surface area contributed by atoms with E-state index in [-0.39, 0.29) is 47.5 Å². The molecule has 0 bridgehead atoms. The van der Waals surface area contributed by atoms with Crippen LogP contribution >= 0.6 is 0 Å². The lowest BCUT2D eigenvalue weighted by Crippen LogP contribution is -2.26. The van der Waals surface area contributed by atoms with Crippen LogP contribution in [-0.2, 0) is 6.54 Å². The van der Waals surface area contributed by atoms with Gasteiger partial charge in [-0.1, -0.05) is 13.0 Å². The molecule has 0 aliphatic rings. The molecule has 168 valence electrons. The second kappa shape index (κ2) is 10.1. The van der Waals surface area contributed by atoms with Gasteiger partial charge in [-0.3, -0.25) is 9.36 Å². The van der Waals surface area contributed by atoms with Gasteiger partial charge in [-0.05, 0) is 24.6 Å². The van der Waals surface area contributed by atoms with Gasteiger partial charge >= 0.3 is 0 Å². The summed E-state index contributed by atoms with van der Waals surface area (Å²) in [5, 5.41) is 22.7.